The van der Waals surface area contributed by atoms with Crippen molar-refractivity contribution in [1.29, 1.82) is 0 Å². The number of piperidine rings is 1. The second-order valence-corrected chi connectivity index (χ2v) is 7.32. The van der Waals surface area contributed by atoms with Gasteiger partial charge in [0.2, 0.25) is 17.7 Å². The summed E-state index contributed by atoms with van der Waals surface area (Å²) < 4.78 is 10.9. The molecule has 7 nitrogen and oxygen atoms in total. The maximum atomic E-state index is 12.4. The molecule has 1 saturated heterocycles. The first-order chi connectivity index (χ1) is 14.2. The molecule has 156 valence electrons. The van der Waals surface area contributed by atoms with Crippen LogP contribution < -0.4 is 19.7 Å². The predicted molar refractivity (Wildman–Crippen MR) is 112 cm³/mol. The van der Waals surface area contributed by atoms with Crippen molar-refractivity contribution in [3.63, 3.8) is 0 Å². The van der Waals surface area contributed by atoms with Gasteiger partial charge in [-0.25, -0.2) is 4.98 Å². The van der Waals surface area contributed by atoms with Crippen LogP contribution in [0.25, 0.3) is 0 Å². The summed E-state index contributed by atoms with van der Waals surface area (Å²) in [6.07, 6.45) is 5.14. The highest BCUT2D eigenvalue weighted by Gasteiger charge is 2.26. The first kappa shape index (κ1) is 20.9. The molecule has 0 aliphatic carbocycles. The zero-order chi connectivity index (χ0) is 20.5. The fourth-order valence-electron chi connectivity index (χ4n) is 3.35. The van der Waals surface area contributed by atoms with Crippen LogP contribution in [0.1, 0.15) is 31.2 Å². The lowest BCUT2D eigenvalue weighted by Gasteiger charge is -2.31. The van der Waals surface area contributed by atoms with E-state index in [0.29, 0.717) is 25.0 Å². The Hall–Kier alpha value is -2.83. The third kappa shape index (κ3) is 6.34. The van der Waals surface area contributed by atoms with E-state index < -0.39 is 0 Å². The number of amides is 1. The normalized spacial score (nSPS) is 14.5. The Labute approximate surface area is 172 Å². The van der Waals surface area contributed by atoms with Crippen LogP contribution in [0, 0.1) is 12.8 Å². The highest BCUT2D eigenvalue weighted by atomic mass is 16.5. The number of nitrogens with zero attached hydrogens (tertiary/aromatic N) is 3. The van der Waals surface area contributed by atoms with Crippen LogP contribution in [-0.2, 0) is 4.79 Å². The molecule has 0 spiro atoms. The van der Waals surface area contributed by atoms with Crippen molar-refractivity contribution in [2.45, 2.75) is 32.6 Å². The van der Waals surface area contributed by atoms with Gasteiger partial charge in [0.15, 0.2) is 0 Å². The van der Waals surface area contributed by atoms with Gasteiger partial charge in [-0.15, -0.1) is 0 Å². The van der Waals surface area contributed by atoms with Gasteiger partial charge in [0.05, 0.1) is 13.7 Å². The molecule has 1 amide bonds. The lowest BCUT2D eigenvalue weighted by Crippen LogP contribution is -2.41. The third-order valence-corrected chi connectivity index (χ3v) is 5.14. The largest absolute Gasteiger partial charge is 0.494 e. The fraction of sp³-hybridized carbons (Fsp3) is 0.500. The van der Waals surface area contributed by atoms with Gasteiger partial charge in [-0.3, -0.25) is 4.79 Å². The second kappa shape index (κ2) is 10.6. The van der Waals surface area contributed by atoms with E-state index in [1.165, 1.54) is 5.56 Å². The average molecular weight is 399 g/mol. The topological polar surface area (TPSA) is 76.6 Å². The summed E-state index contributed by atoms with van der Waals surface area (Å²) in [6, 6.07) is 9.79. The minimum absolute atomic E-state index is 0.0562. The van der Waals surface area contributed by atoms with Crippen molar-refractivity contribution in [2.75, 3.05) is 38.3 Å². The summed E-state index contributed by atoms with van der Waals surface area (Å²) in [5, 5.41) is 3.07. The second-order valence-electron chi connectivity index (χ2n) is 7.32. The lowest BCUT2D eigenvalue weighted by molar-refractivity contribution is -0.125. The van der Waals surface area contributed by atoms with Crippen LogP contribution >= 0.6 is 0 Å². The first-order valence-corrected chi connectivity index (χ1v) is 10.2. The molecular weight excluding hydrogens is 368 g/mol. The molecule has 0 atom stereocenters. The Morgan fingerprint density at radius 1 is 1.17 bits per heavy atom. The maximum Gasteiger partial charge on any atom is 0.228 e. The molecule has 1 aromatic carbocycles. The molecule has 2 heterocycles. The van der Waals surface area contributed by atoms with E-state index in [1.54, 1.807) is 19.4 Å². The average Bonchev–Trinajstić information content (AvgIpc) is 2.77. The number of rotatable bonds is 9. The summed E-state index contributed by atoms with van der Waals surface area (Å²) in [5.74, 6) is 2.32. The van der Waals surface area contributed by atoms with Crippen molar-refractivity contribution in [3.05, 3.63) is 42.1 Å². The van der Waals surface area contributed by atoms with Gasteiger partial charge < -0.3 is 19.7 Å². The van der Waals surface area contributed by atoms with Crippen molar-refractivity contribution in [2.24, 2.45) is 5.92 Å². The van der Waals surface area contributed by atoms with Gasteiger partial charge in [0.1, 0.15) is 5.75 Å². The lowest BCUT2D eigenvalue weighted by atomic mass is 9.96. The van der Waals surface area contributed by atoms with Crippen LogP contribution in [0.15, 0.2) is 36.5 Å². The minimum Gasteiger partial charge on any atom is -0.494 e. The highest BCUT2D eigenvalue weighted by Crippen LogP contribution is 2.22. The number of methoxy groups -OCH3 is 1. The zero-order valence-corrected chi connectivity index (χ0v) is 17.3. The van der Waals surface area contributed by atoms with E-state index in [0.717, 1.165) is 44.5 Å². The molecule has 7 heteroatoms. The number of hydrogen-bond acceptors (Lipinski definition) is 6. The zero-order valence-electron chi connectivity index (χ0n) is 17.3. The van der Waals surface area contributed by atoms with Crippen molar-refractivity contribution in [1.82, 2.24) is 15.3 Å². The van der Waals surface area contributed by atoms with Crippen LogP contribution in [0.5, 0.6) is 11.6 Å². The number of anilines is 1. The molecule has 1 aliphatic rings. The molecular formula is C22H30N4O3. The number of aryl methyl sites for hydroxylation is 1. The number of ether oxygens (including phenoxy) is 2. The number of carbonyl (C=O) groups excluding carboxylic acids is 1. The smallest absolute Gasteiger partial charge is 0.228 e. The monoisotopic (exact) mass is 398 g/mol. The maximum absolute atomic E-state index is 12.4. The SMILES string of the molecule is COc1ccnc(N2CCC(C(=O)NCCCCOc3ccc(C)cc3)CC2)n1. The molecule has 1 fully saturated rings. The molecule has 0 radical (unpaired) electrons. The molecule has 1 N–H and O–H groups in total. The highest BCUT2D eigenvalue weighted by molar-refractivity contribution is 5.78. The van der Waals surface area contributed by atoms with Crippen molar-refractivity contribution >= 4 is 11.9 Å². The van der Waals surface area contributed by atoms with E-state index in [-0.39, 0.29) is 11.8 Å². The number of unbranched alkanes of at least 4 members (excludes halogenated alkanes) is 1. The van der Waals surface area contributed by atoms with Gasteiger partial charge in [-0.1, -0.05) is 17.7 Å². The molecule has 1 aromatic heterocycles. The Kier molecular flexibility index (Phi) is 7.67. The molecule has 2 aromatic rings. The quantitative estimate of drug-likeness (QED) is 0.655. The van der Waals surface area contributed by atoms with Gasteiger partial charge in [0, 0.05) is 37.8 Å². The number of benzene rings is 1. The Bertz CT molecular complexity index is 774. The van der Waals surface area contributed by atoms with Crippen molar-refractivity contribution in [3.8, 4) is 11.6 Å². The van der Waals surface area contributed by atoms with Gasteiger partial charge >= 0.3 is 0 Å². The summed E-state index contributed by atoms with van der Waals surface area (Å²) in [6.45, 7) is 4.96. The fourth-order valence-corrected chi connectivity index (χ4v) is 3.35. The van der Waals surface area contributed by atoms with Crippen LogP contribution in [0.4, 0.5) is 5.95 Å². The number of nitrogens with one attached hydrogen (secondary N) is 1. The predicted octanol–water partition coefficient (Wildman–Crippen LogP) is 2.99. The minimum atomic E-state index is 0.0562. The summed E-state index contributed by atoms with van der Waals surface area (Å²) >= 11 is 0. The summed E-state index contributed by atoms with van der Waals surface area (Å²) in [4.78, 5) is 23.2. The van der Waals surface area contributed by atoms with E-state index in [2.05, 4.69) is 27.1 Å². The van der Waals surface area contributed by atoms with Crippen LogP contribution in [0.3, 0.4) is 0 Å². The number of hydrogen-bond donors (Lipinski definition) is 1. The number of aromatic nitrogens is 2. The Morgan fingerprint density at radius 2 is 1.93 bits per heavy atom. The molecule has 0 unspecified atom stereocenters. The summed E-state index contributed by atoms with van der Waals surface area (Å²) in [7, 11) is 1.59. The Balaban J connectivity index is 1.30. The molecule has 0 saturated carbocycles. The van der Waals surface area contributed by atoms with Gasteiger partial charge in [-0.05, 0) is 44.7 Å². The van der Waals surface area contributed by atoms with Gasteiger partial charge in [-0.2, -0.15) is 4.98 Å². The molecule has 0 bridgehead atoms. The molecule has 3 rings (SSSR count). The van der Waals surface area contributed by atoms with E-state index >= 15 is 0 Å². The van der Waals surface area contributed by atoms with Crippen molar-refractivity contribution < 1.29 is 14.3 Å². The van der Waals surface area contributed by atoms with E-state index in [1.807, 2.05) is 24.3 Å². The molecule has 1 aliphatic heterocycles. The Morgan fingerprint density at radius 3 is 2.66 bits per heavy atom. The summed E-state index contributed by atoms with van der Waals surface area (Å²) in [5.41, 5.74) is 1.22. The van der Waals surface area contributed by atoms with Crippen LogP contribution in [0.2, 0.25) is 0 Å². The van der Waals surface area contributed by atoms with Gasteiger partial charge in [0.25, 0.3) is 0 Å². The number of carbonyl (C=O) groups is 1. The first-order valence-electron chi connectivity index (χ1n) is 10.2. The third-order valence-electron chi connectivity index (χ3n) is 5.14. The standard InChI is InChI=1S/C22H30N4O3/c1-17-5-7-19(8-6-17)29-16-4-3-12-23-21(27)18-10-14-26(15-11-18)22-24-13-9-20(25-22)28-2/h5-9,13,18H,3-4,10-12,14-16H2,1-2H3,(H,23,27). The van der Waals surface area contributed by atoms with E-state index in [9.17, 15) is 4.79 Å². The molecule has 29 heavy (non-hydrogen) atoms. The van der Waals surface area contributed by atoms with E-state index in [4.69, 9.17) is 9.47 Å². The van der Waals surface area contributed by atoms with Crippen LogP contribution in [-0.4, -0.2) is 49.2 Å².